The number of methoxy groups -OCH3 is 1. The number of nitrogens with one attached hydrogen (secondary N) is 2. The molecule has 0 spiro atoms. The Morgan fingerprint density at radius 2 is 2.09 bits per heavy atom. The van der Waals surface area contributed by atoms with Crippen LogP contribution in [-0.4, -0.2) is 58.7 Å². The molecule has 1 fully saturated rings. The lowest BCUT2D eigenvalue weighted by molar-refractivity contribution is 0.0185. The molecule has 0 radical (unpaired) electrons. The van der Waals surface area contributed by atoms with Crippen LogP contribution < -0.4 is 10.1 Å². The topological polar surface area (TPSA) is 96.6 Å². The zero-order valence-corrected chi connectivity index (χ0v) is 19.5. The molecule has 1 saturated heterocycles. The fraction of sp³-hybridized carbons (Fsp3) is 0.435. The van der Waals surface area contributed by atoms with E-state index in [1.54, 1.807) is 35.5 Å². The summed E-state index contributed by atoms with van der Waals surface area (Å²) in [6.07, 6.45) is 1.24. The summed E-state index contributed by atoms with van der Waals surface area (Å²) in [7, 11) is 1.59. The van der Waals surface area contributed by atoms with Gasteiger partial charge in [-0.25, -0.2) is 9.78 Å². The van der Waals surface area contributed by atoms with Gasteiger partial charge in [0.1, 0.15) is 28.2 Å². The summed E-state index contributed by atoms with van der Waals surface area (Å²) >= 11 is 1.57. The van der Waals surface area contributed by atoms with Crippen molar-refractivity contribution in [2.45, 2.75) is 45.3 Å². The van der Waals surface area contributed by atoms with Gasteiger partial charge in [0.25, 0.3) is 5.91 Å². The Balaban J connectivity index is 1.54. The number of hydrogen-bond donors (Lipinski definition) is 2. The minimum Gasteiger partial charge on any atom is -0.494 e. The summed E-state index contributed by atoms with van der Waals surface area (Å²) in [5.74, 6) is 1.10. The molecule has 0 saturated carbocycles. The number of imidazole rings is 1. The molecular weight excluding hydrogens is 428 g/mol. The van der Waals surface area contributed by atoms with Crippen LogP contribution in [0.15, 0.2) is 29.6 Å². The second-order valence-electron chi connectivity index (χ2n) is 8.84. The Morgan fingerprint density at radius 3 is 2.78 bits per heavy atom. The van der Waals surface area contributed by atoms with Crippen molar-refractivity contribution in [1.82, 2.24) is 20.2 Å². The maximum absolute atomic E-state index is 13.2. The van der Waals surface area contributed by atoms with Crippen molar-refractivity contribution < 1.29 is 19.1 Å². The molecule has 9 heteroatoms. The molecule has 0 unspecified atom stereocenters. The van der Waals surface area contributed by atoms with E-state index >= 15 is 0 Å². The summed E-state index contributed by atoms with van der Waals surface area (Å²) in [5, 5.41) is 5.06. The van der Waals surface area contributed by atoms with Gasteiger partial charge in [0, 0.05) is 19.1 Å². The molecule has 0 bridgehead atoms. The van der Waals surface area contributed by atoms with E-state index in [2.05, 4.69) is 10.3 Å². The molecule has 8 nitrogen and oxygen atoms in total. The minimum absolute atomic E-state index is 0.156. The number of H-pyrrole nitrogens is 1. The molecule has 2 amide bonds. The smallest absolute Gasteiger partial charge is 0.410 e. The molecule has 2 N–H and O–H groups in total. The Kier molecular flexibility index (Phi) is 6.10. The van der Waals surface area contributed by atoms with Gasteiger partial charge in [0.2, 0.25) is 0 Å². The quantitative estimate of drug-likeness (QED) is 0.605. The van der Waals surface area contributed by atoms with Crippen molar-refractivity contribution in [3.63, 3.8) is 0 Å². The average Bonchev–Trinajstić information content (AvgIpc) is 3.41. The Labute approximate surface area is 190 Å². The van der Waals surface area contributed by atoms with E-state index in [1.165, 1.54) is 0 Å². The lowest BCUT2D eigenvalue weighted by Gasteiger charge is -2.34. The van der Waals surface area contributed by atoms with Crippen LogP contribution in [0.25, 0.3) is 21.7 Å². The number of ether oxygens (including phenoxy) is 2. The van der Waals surface area contributed by atoms with Crippen molar-refractivity contribution in [1.29, 1.82) is 0 Å². The zero-order valence-electron chi connectivity index (χ0n) is 18.7. The molecule has 3 aromatic rings. The van der Waals surface area contributed by atoms with Gasteiger partial charge < -0.3 is 24.7 Å². The number of likely N-dealkylation sites (tertiary alicyclic amines) is 1. The van der Waals surface area contributed by atoms with Gasteiger partial charge in [-0.05, 0) is 57.2 Å². The summed E-state index contributed by atoms with van der Waals surface area (Å²) < 4.78 is 10.9. The van der Waals surface area contributed by atoms with Crippen molar-refractivity contribution >= 4 is 34.4 Å². The normalized spacial score (nSPS) is 16.8. The first-order chi connectivity index (χ1) is 15.2. The number of piperidine rings is 1. The van der Waals surface area contributed by atoms with Crippen molar-refractivity contribution in [2.75, 3.05) is 20.2 Å². The number of aromatic amines is 1. The third-order valence-corrected chi connectivity index (χ3v) is 6.11. The van der Waals surface area contributed by atoms with E-state index < -0.39 is 5.60 Å². The number of amides is 2. The van der Waals surface area contributed by atoms with E-state index in [4.69, 9.17) is 14.5 Å². The summed E-state index contributed by atoms with van der Waals surface area (Å²) in [6, 6.07) is 7.27. The van der Waals surface area contributed by atoms with Crippen LogP contribution in [0.2, 0.25) is 0 Å². The van der Waals surface area contributed by atoms with Crippen LogP contribution in [0.4, 0.5) is 4.79 Å². The average molecular weight is 457 g/mol. The molecular formula is C23H28N4O4S. The van der Waals surface area contributed by atoms with Gasteiger partial charge in [0.15, 0.2) is 0 Å². The fourth-order valence-corrected chi connectivity index (χ4v) is 4.47. The Morgan fingerprint density at radius 1 is 1.28 bits per heavy atom. The van der Waals surface area contributed by atoms with Gasteiger partial charge in [-0.2, -0.15) is 0 Å². The predicted octanol–water partition coefficient (Wildman–Crippen LogP) is 4.43. The van der Waals surface area contributed by atoms with Gasteiger partial charge >= 0.3 is 6.09 Å². The first-order valence-corrected chi connectivity index (χ1v) is 11.5. The number of thiophene rings is 1. The number of carbonyl (C=O) groups is 2. The number of benzene rings is 1. The summed E-state index contributed by atoms with van der Waals surface area (Å²) in [4.78, 5) is 36.2. The number of hydrogen-bond acceptors (Lipinski definition) is 6. The van der Waals surface area contributed by atoms with Crippen molar-refractivity contribution in [2.24, 2.45) is 0 Å². The standard InChI is InChI=1S/C23H28N4O4S/c1-23(2,3)31-22(29)27-11-5-7-14(13-27)24-21(28)15-9-10-16(30-4)19-18(15)25-20(26-19)17-8-6-12-32-17/h6,8-10,12,14H,5,7,11,13H2,1-4H3,(H,24,28)(H,25,26)/t14-/m0/s1. The van der Waals surface area contributed by atoms with Crippen molar-refractivity contribution in [3.05, 3.63) is 35.2 Å². The van der Waals surface area contributed by atoms with Gasteiger partial charge in [0.05, 0.1) is 17.6 Å². The van der Waals surface area contributed by atoms with Crippen LogP contribution in [-0.2, 0) is 4.74 Å². The highest BCUT2D eigenvalue weighted by atomic mass is 32.1. The van der Waals surface area contributed by atoms with Crippen LogP contribution in [0, 0.1) is 0 Å². The van der Waals surface area contributed by atoms with Gasteiger partial charge in [-0.3, -0.25) is 4.79 Å². The molecule has 4 rings (SSSR count). The zero-order chi connectivity index (χ0) is 22.9. The molecule has 32 heavy (non-hydrogen) atoms. The number of fused-ring (bicyclic) bond motifs is 1. The second kappa shape index (κ2) is 8.82. The monoisotopic (exact) mass is 456 g/mol. The molecule has 1 aliphatic heterocycles. The van der Waals surface area contributed by atoms with E-state index in [9.17, 15) is 9.59 Å². The lowest BCUT2D eigenvalue weighted by atomic mass is 10.0. The first-order valence-electron chi connectivity index (χ1n) is 10.6. The summed E-state index contributed by atoms with van der Waals surface area (Å²) in [6.45, 7) is 6.57. The maximum atomic E-state index is 13.2. The van der Waals surface area contributed by atoms with E-state index in [0.29, 0.717) is 41.3 Å². The van der Waals surface area contributed by atoms with Crippen molar-refractivity contribution in [3.8, 4) is 16.5 Å². The first kappa shape index (κ1) is 22.1. The van der Waals surface area contributed by atoms with E-state index in [-0.39, 0.29) is 18.0 Å². The number of nitrogens with zero attached hydrogens (tertiary/aromatic N) is 2. The molecule has 1 aliphatic rings. The number of aromatic nitrogens is 2. The van der Waals surface area contributed by atoms with Crippen LogP contribution in [0.3, 0.4) is 0 Å². The largest absolute Gasteiger partial charge is 0.494 e. The predicted molar refractivity (Wildman–Crippen MR) is 124 cm³/mol. The molecule has 170 valence electrons. The highest BCUT2D eigenvalue weighted by molar-refractivity contribution is 7.13. The third-order valence-electron chi connectivity index (χ3n) is 5.23. The summed E-state index contributed by atoms with van der Waals surface area (Å²) in [5.41, 5.74) is 1.16. The fourth-order valence-electron chi connectivity index (χ4n) is 3.80. The molecule has 2 aromatic heterocycles. The van der Waals surface area contributed by atoms with Gasteiger partial charge in [-0.1, -0.05) is 6.07 Å². The van der Waals surface area contributed by atoms with E-state index in [0.717, 1.165) is 17.7 Å². The Hall–Kier alpha value is -3.07. The molecule has 0 aliphatic carbocycles. The maximum Gasteiger partial charge on any atom is 0.410 e. The second-order valence-corrected chi connectivity index (χ2v) is 9.79. The third kappa shape index (κ3) is 4.72. The highest BCUT2D eigenvalue weighted by Crippen LogP contribution is 2.31. The number of rotatable bonds is 4. The molecule has 1 atom stereocenters. The SMILES string of the molecule is COc1ccc(C(=O)N[C@H]2CCCN(C(=O)OC(C)(C)C)C2)c2nc(-c3cccs3)[nH]c12. The van der Waals surface area contributed by atoms with Gasteiger partial charge in [-0.15, -0.1) is 11.3 Å². The van der Waals surface area contributed by atoms with E-state index in [1.807, 2.05) is 38.3 Å². The molecule has 3 heterocycles. The van der Waals surface area contributed by atoms with Crippen LogP contribution in [0.1, 0.15) is 44.0 Å². The number of carbonyl (C=O) groups excluding carboxylic acids is 2. The lowest BCUT2D eigenvalue weighted by Crippen LogP contribution is -2.50. The van der Waals surface area contributed by atoms with Crippen LogP contribution >= 0.6 is 11.3 Å². The molecule has 1 aromatic carbocycles. The Bertz CT molecular complexity index is 1120. The highest BCUT2D eigenvalue weighted by Gasteiger charge is 2.29. The van der Waals surface area contributed by atoms with Crippen LogP contribution in [0.5, 0.6) is 5.75 Å². The minimum atomic E-state index is -0.553.